The van der Waals surface area contributed by atoms with Crippen LogP contribution in [0.2, 0.25) is 0 Å². The van der Waals surface area contributed by atoms with Gasteiger partial charge in [-0.25, -0.2) is 0 Å². The van der Waals surface area contributed by atoms with E-state index < -0.39 is 0 Å². The Hall–Kier alpha value is -1.25. The monoisotopic (exact) mass is 124 g/mol. The fourth-order valence-electron chi connectivity index (χ4n) is 0.573. The number of pyridine rings is 1. The second-order valence-corrected chi connectivity index (χ2v) is 1.88. The van der Waals surface area contributed by atoms with Crippen molar-refractivity contribution < 1.29 is 0 Å². The summed E-state index contributed by atoms with van der Waals surface area (Å²) in [6.45, 7) is 1.69. The molecule has 0 aliphatic carbocycles. The summed E-state index contributed by atoms with van der Waals surface area (Å²) < 4.78 is 0. The van der Waals surface area contributed by atoms with Gasteiger partial charge in [0.15, 0.2) is 5.43 Å². The van der Waals surface area contributed by atoms with E-state index in [1.54, 1.807) is 6.92 Å². The summed E-state index contributed by atoms with van der Waals surface area (Å²) in [4.78, 5) is 13.5. The molecule has 48 valence electrons. The Labute approximate surface area is 52.5 Å². The van der Waals surface area contributed by atoms with E-state index in [0.717, 1.165) is 0 Å². The molecule has 0 saturated heterocycles. The Kier molecular flexibility index (Phi) is 1.26. The zero-order valence-electron chi connectivity index (χ0n) is 5.14. The second-order valence-electron chi connectivity index (χ2n) is 1.88. The van der Waals surface area contributed by atoms with Crippen LogP contribution in [0.4, 0.5) is 5.82 Å². The molecule has 1 aromatic rings. The highest BCUT2D eigenvalue weighted by Crippen LogP contribution is 1.95. The molecule has 3 nitrogen and oxygen atoms in total. The summed E-state index contributed by atoms with van der Waals surface area (Å²) in [6.07, 6.45) is 1.53. The number of hydrogen-bond acceptors (Lipinski definition) is 2. The van der Waals surface area contributed by atoms with E-state index in [9.17, 15) is 4.79 Å². The number of aromatic nitrogens is 1. The summed E-state index contributed by atoms with van der Waals surface area (Å²) in [5.74, 6) is 0.447. The van der Waals surface area contributed by atoms with Crippen molar-refractivity contribution in [3.8, 4) is 0 Å². The maximum absolute atomic E-state index is 10.7. The van der Waals surface area contributed by atoms with Crippen molar-refractivity contribution in [3.63, 3.8) is 0 Å². The smallest absolute Gasteiger partial charge is 0.186 e. The molecule has 0 bridgehead atoms. The van der Waals surface area contributed by atoms with Crippen LogP contribution in [0, 0.1) is 6.92 Å². The minimum atomic E-state index is -0.0220. The van der Waals surface area contributed by atoms with E-state index in [0.29, 0.717) is 11.4 Å². The number of rotatable bonds is 0. The molecule has 0 saturated carbocycles. The molecular formula is C6H8N2O. The molecule has 0 atom stereocenters. The summed E-state index contributed by atoms with van der Waals surface area (Å²) in [6, 6.07) is 1.45. The lowest BCUT2D eigenvalue weighted by Gasteiger charge is -1.94. The highest BCUT2D eigenvalue weighted by Gasteiger charge is 1.93. The Morgan fingerprint density at radius 3 is 2.78 bits per heavy atom. The number of nitrogen functional groups attached to an aromatic ring is 1. The van der Waals surface area contributed by atoms with Crippen molar-refractivity contribution in [2.75, 3.05) is 5.73 Å². The van der Waals surface area contributed by atoms with Gasteiger partial charge in [-0.15, -0.1) is 0 Å². The molecule has 0 fully saturated rings. The molecule has 1 rings (SSSR count). The maximum Gasteiger partial charge on any atom is 0.186 e. The average Bonchev–Trinajstić information content (AvgIpc) is 1.83. The molecule has 9 heavy (non-hydrogen) atoms. The van der Waals surface area contributed by atoms with Gasteiger partial charge in [0.1, 0.15) is 5.82 Å². The van der Waals surface area contributed by atoms with Crippen molar-refractivity contribution in [1.29, 1.82) is 0 Å². The minimum absolute atomic E-state index is 0.0220. The van der Waals surface area contributed by atoms with Crippen LogP contribution in [-0.4, -0.2) is 4.98 Å². The molecule has 0 radical (unpaired) electrons. The fourth-order valence-corrected chi connectivity index (χ4v) is 0.573. The first-order valence-corrected chi connectivity index (χ1v) is 2.65. The number of nitrogens with one attached hydrogen (secondary N) is 1. The van der Waals surface area contributed by atoms with Crippen LogP contribution in [-0.2, 0) is 0 Å². The Morgan fingerprint density at radius 1 is 1.67 bits per heavy atom. The first-order valence-electron chi connectivity index (χ1n) is 2.65. The molecule has 1 heterocycles. The van der Waals surface area contributed by atoms with E-state index in [1.807, 2.05) is 0 Å². The normalized spacial score (nSPS) is 9.44. The van der Waals surface area contributed by atoms with Crippen molar-refractivity contribution in [3.05, 3.63) is 28.0 Å². The topological polar surface area (TPSA) is 58.9 Å². The summed E-state index contributed by atoms with van der Waals surface area (Å²) in [5.41, 5.74) is 5.92. The summed E-state index contributed by atoms with van der Waals surface area (Å²) >= 11 is 0. The van der Waals surface area contributed by atoms with Crippen LogP contribution < -0.4 is 11.2 Å². The van der Waals surface area contributed by atoms with Gasteiger partial charge >= 0.3 is 0 Å². The number of anilines is 1. The quantitative estimate of drug-likeness (QED) is 0.521. The molecule has 0 aliphatic heterocycles. The predicted octanol–water partition coefficient (Wildman–Crippen LogP) is 0.266. The van der Waals surface area contributed by atoms with Crippen LogP contribution in [0.5, 0.6) is 0 Å². The van der Waals surface area contributed by atoms with Gasteiger partial charge in [0.2, 0.25) is 0 Å². The predicted molar refractivity (Wildman–Crippen MR) is 36.2 cm³/mol. The van der Waals surface area contributed by atoms with E-state index >= 15 is 0 Å². The zero-order valence-corrected chi connectivity index (χ0v) is 5.14. The first kappa shape index (κ1) is 5.88. The van der Waals surface area contributed by atoms with Crippen molar-refractivity contribution in [2.45, 2.75) is 6.92 Å². The molecule has 0 unspecified atom stereocenters. The average molecular weight is 124 g/mol. The molecule has 3 N–H and O–H groups in total. The van der Waals surface area contributed by atoms with Gasteiger partial charge in [-0.05, 0) is 6.92 Å². The molecule has 0 aliphatic rings. The van der Waals surface area contributed by atoms with Crippen LogP contribution in [0.25, 0.3) is 0 Å². The first-order chi connectivity index (χ1) is 4.22. The third-order valence-corrected chi connectivity index (χ3v) is 1.25. The standard InChI is InChI=1S/C6H8N2O/c1-4-5(9)2-3-8-6(4)7/h2-3H,1H3,(H3,7,8,9). The lowest BCUT2D eigenvalue weighted by Crippen LogP contribution is -2.07. The zero-order chi connectivity index (χ0) is 6.85. The van der Waals surface area contributed by atoms with E-state index in [4.69, 9.17) is 5.73 Å². The number of nitrogens with two attached hydrogens (primary N) is 1. The van der Waals surface area contributed by atoms with Crippen molar-refractivity contribution in [2.24, 2.45) is 0 Å². The van der Waals surface area contributed by atoms with E-state index in [2.05, 4.69) is 4.98 Å². The lowest BCUT2D eigenvalue weighted by molar-refractivity contribution is 1.25. The molecular weight excluding hydrogens is 116 g/mol. The van der Waals surface area contributed by atoms with Gasteiger partial charge in [-0.3, -0.25) is 4.79 Å². The highest BCUT2D eigenvalue weighted by atomic mass is 16.1. The number of aromatic amines is 1. The Balaban J connectivity index is 3.43. The molecule has 0 spiro atoms. The molecule has 0 aromatic carbocycles. The summed E-state index contributed by atoms with van der Waals surface area (Å²) in [7, 11) is 0. The Morgan fingerprint density at radius 2 is 2.33 bits per heavy atom. The number of H-pyrrole nitrogens is 1. The summed E-state index contributed by atoms with van der Waals surface area (Å²) in [5, 5.41) is 0. The van der Waals surface area contributed by atoms with Crippen molar-refractivity contribution in [1.82, 2.24) is 4.98 Å². The lowest BCUT2D eigenvalue weighted by atomic mass is 10.3. The molecule has 1 aromatic heterocycles. The van der Waals surface area contributed by atoms with Gasteiger partial charge < -0.3 is 10.7 Å². The number of hydrogen-bond donors (Lipinski definition) is 2. The SMILES string of the molecule is Cc1c(N)[nH]ccc1=O. The third kappa shape index (κ3) is 0.937. The van der Waals surface area contributed by atoms with Crippen LogP contribution in [0.3, 0.4) is 0 Å². The highest BCUT2D eigenvalue weighted by molar-refractivity contribution is 5.36. The minimum Gasteiger partial charge on any atom is -0.385 e. The van der Waals surface area contributed by atoms with Gasteiger partial charge in [0.25, 0.3) is 0 Å². The fraction of sp³-hybridized carbons (Fsp3) is 0.167. The van der Waals surface area contributed by atoms with Crippen LogP contribution in [0.1, 0.15) is 5.56 Å². The van der Waals surface area contributed by atoms with Gasteiger partial charge in [0.05, 0.1) is 0 Å². The Bertz CT molecular complexity index is 264. The molecule has 3 heteroatoms. The van der Waals surface area contributed by atoms with Crippen LogP contribution >= 0.6 is 0 Å². The second kappa shape index (κ2) is 1.93. The van der Waals surface area contributed by atoms with E-state index in [1.165, 1.54) is 12.3 Å². The van der Waals surface area contributed by atoms with Gasteiger partial charge in [-0.2, -0.15) is 0 Å². The van der Waals surface area contributed by atoms with Crippen LogP contribution in [0.15, 0.2) is 17.1 Å². The van der Waals surface area contributed by atoms with Crippen molar-refractivity contribution >= 4 is 5.82 Å². The largest absolute Gasteiger partial charge is 0.385 e. The molecule has 0 amide bonds. The van der Waals surface area contributed by atoms with Gasteiger partial charge in [0, 0.05) is 17.8 Å². The third-order valence-electron chi connectivity index (χ3n) is 1.25. The van der Waals surface area contributed by atoms with Gasteiger partial charge in [-0.1, -0.05) is 0 Å². The van der Waals surface area contributed by atoms with E-state index in [-0.39, 0.29) is 5.43 Å². The maximum atomic E-state index is 10.7.